The first kappa shape index (κ1) is 18.3. The average Bonchev–Trinajstić information content (AvgIpc) is 2.58. The van der Waals surface area contributed by atoms with Crippen LogP contribution in [0.2, 0.25) is 5.02 Å². The molecule has 2 aromatic rings. The van der Waals surface area contributed by atoms with E-state index in [9.17, 15) is 9.90 Å². The number of anilines is 1. The smallest absolute Gasteiger partial charge is 0.238 e. The van der Waals surface area contributed by atoms with Gasteiger partial charge in [0, 0.05) is 21.4 Å². The predicted octanol–water partition coefficient (Wildman–Crippen LogP) is 3.89. The van der Waals surface area contributed by atoms with E-state index >= 15 is 0 Å². The summed E-state index contributed by atoms with van der Waals surface area (Å²) in [4.78, 5) is 16.4. The van der Waals surface area contributed by atoms with Crippen LogP contribution in [0.4, 0.5) is 5.69 Å². The van der Waals surface area contributed by atoms with Crippen LogP contribution in [0.15, 0.2) is 58.3 Å². The lowest BCUT2D eigenvalue weighted by Gasteiger charge is -2.29. The van der Waals surface area contributed by atoms with Crippen molar-refractivity contribution in [1.82, 2.24) is 4.90 Å². The Morgan fingerprint density at radius 3 is 2.76 bits per heavy atom. The summed E-state index contributed by atoms with van der Waals surface area (Å²) in [6.45, 7) is 1.72. The molecule has 4 nitrogen and oxygen atoms in total. The lowest BCUT2D eigenvalue weighted by molar-refractivity contribution is -0.118. The Bertz CT molecular complexity index is 724. The molecule has 0 radical (unpaired) electrons. The monoisotopic (exact) mass is 376 g/mol. The quantitative estimate of drug-likeness (QED) is 0.831. The molecule has 2 aromatic carbocycles. The van der Waals surface area contributed by atoms with Gasteiger partial charge in [0.2, 0.25) is 5.91 Å². The normalized spacial score (nSPS) is 18.1. The van der Waals surface area contributed by atoms with Crippen molar-refractivity contribution in [3.05, 3.63) is 53.6 Å². The Kier molecular flexibility index (Phi) is 6.37. The van der Waals surface area contributed by atoms with Gasteiger partial charge >= 0.3 is 0 Å². The van der Waals surface area contributed by atoms with Crippen molar-refractivity contribution in [1.29, 1.82) is 0 Å². The number of rotatable bonds is 5. The van der Waals surface area contributed by atoms with E-state index in [1.165, 1.54) is 0 Å². The first-order valence-electron chi connectivity index (χ1n) is 8.33. The second-order valence-corrected chi connectivity index (χ2v) is 7.68. The van der Waals surface area contributed by atoms with Crippen LogP contribution in [0.3, 0.4) is 0 Å². The number of amides is 1. The summed E-state index contributed by atoms with van der Waals surface area (Å²) in [5, 5.41) is 13.4. The highest BCUT2D eigenvalue weighted by Crippen LogP contribution is 2.33. The number of aliphatic hydroxyl groups excluding tert-OH is 1. The second-order valence-electron chi connectivity index (χ2n) is 6.13. The number of hydrogen-bond donors (Lipinski definition) is 2. The third-order valence-corrected chi connectivity index (χ3v) is 5.39. The molecular formula is C19H21ClN2O2S. The summed E-state index contributed by atoms with van der Waals surface area (Å²) in [5.41, 5.74) is 0.796. The lowest BCUT2D eigenvalue weighted by Crippen LogP contribution is -2.42. The number of carbonyl (C=O) groups is 1. The summed E-state index contributed by atoms with van der Waals surface area (Å²) < 4.78 is 0. The van der Waals surface area contributed by atoms with Crippen LogP contribution in [-0.4, -0.2) is 41.7 Å². The second kappa shape index (κ2) is 8.72. The van der Waals surface area contributed by atoms with Crippen LogP contribution < -0.4 is 5.32 Å². The van der Waals surface area contributed by atoms with E-state index in [2.05, 4.69) is 5.32 Å². The van der Waals surface area contributed by atoms with E-state index in [1.807, 2.05) is 53.4 Å². The minimum Gasteiger partial charge on any atom is -0.392 e. The zero-order chi connectivity index (χ0) is 17.6. The molecule has 2 N–H and O–H groups in total. The minimum atomic E-state index is -0.325. The first-order valence-corrected chi connectivity index (χ1v) is 9.52. The molecule has 1 saturated heterocycles. The van der Waals surface area contributed by atoms with Gasteiger partial charge in [-0.3, -0.25) is 9.69 Å². The average molecular weight is 377 g/mol. The minimum absolute atomic E-state index is 0.0572. The van der Waals surface area contributed by atoms with E-state index in [0.29, 0.717) is 18.1 Å². The molecule has 1 aliphatic rings. The largest absolute Gasteiger partial charge is 0.392 e. The molecule has 0 bridgehead atoms. The molecule has 1 aliphatic heterocycles. The van der Waals surface area contributed by atoms with E-state index in [1.54, 1.807) is 11.8 Å². The van der Waals surface area contributed by atoms with Gasteiger partial charge in [0.05, 0.1) is 18.3 Å². The fourth-order valence-electron chi connectivity index (χ4n) is 2.86. The van der Waals surface area contributed by atoms with Crippen molar-refractivity contribution in [3.63, 3.8) is 0 Å². The van der Waals surface area contributed by atoms with Crippen LogP contribution >= 0.6 is 23.4 Å². The molecule has 6 heteroatoms. The molecule has 1 unspecified atom stereocenters. The number of piperidine rings is 1. The van der Waals surface area contributed by atoms with E-state index in [4.69, 9.17) is 11.6 Å². The van der Waals surface area contributed by atoms with Gasteiger partial charge < -0.3 is 10.4 Å². The third kappa shape index (κ3) is 5.47. The van der Waals surface area contributed by atoms with E-state index < -0.39 is 0 Å². The van der Waals surface area contributed by atoms with Crippen LogP contribution in [-0.2, 0) is 4.79 Å². The molecule has 0 saturated carbocycles. The van der Waals surface area contributed by atoms with E-state index in [0.717, 1.165) is 34.9 Å². The van der Waals surface area contributed by atoms with Crippen LogP contribution in [0.1, 0.15) is 12.8 Å². The van der Waals surface area contributed by atoms with E-state index in [-0.39, 0.29) is 12.0 Å². The van der Waals surface area contributed by atoms with Crippen LogP contribution in [0.5, 0.6) is 0 Å². The fourth-order valence-corrected chi connectivity index (χ4v) is 3.88. The Balaban J connectivity index is 1.64. The molecule has 0 aromatic heterocycles. The standard InChI is InChI=1S/C19H21ClN2O2S/c20-14-7-9-16(10-8-14)25-18-6-2-1-5-17(18)21-19(24)13-22-11-3-4-15(23)12-22/h1-2,5-10,15,23H,3-4,11-13H2,(H,21,24). The number of halogens is 1. The number of hydrogen-bond acceptors (Lipinski definition) is 4. The van der Waals surface area contributed by atoms with Crippen LogP contribution in [0.25, 0.3) is 0 Å². The van der Waals surface area contributed by atoms with Crippen molar-refractivity contribution < 1.29 is 9.90 Å². The maximum atomic E-state index is 12.4. The summed E-state index contributed by atoms with van der Waals surface area (Å²) in [5.74, 6) is -0.0572. The van der Waals surface area contributed by atoms with Gasteiger partial charge in [0.25, 0.3) is 0 Å². The Hall–Kier alpha value is -1.53. The number of aliphatic hydroxyl groups is 1. The topological polar surface area (TPSA) is 52.6 Å². The summed E-state index contributed by atoms with van der Waals surface area (Å²) in [6, 6.07) is 15.4. The van der Waals surface area contributed by atoms with Crippen molar-refractivity contribution in [3.8, 4) is 0 Å². The zero-order valence-corrected chi connectivity index (χ0v) is 15.4. The predicted molar refractivity (Wildman–Crippen MR) is 102 cm³/mol. The number of carbonyl (C=O) groups excluding carboxylic acids is 1. The molecule has 1 fully saturated rings. The Morgan fingerprint density at radius 1 is 1.24 bits per heavy atom. The Morgan fingerprint density at radius 2 is 2.00 bits per heavy atom. The lowest BCUT2D eigenvalue weighted by atomic mass is 10.1. The molecule has 1 heterocycles. The van der Waals surface area contributed by atoms with Crippen LogP contribution in [0, 0.1) is 0 Å². The molecule has 1 atom stereocenters. The number of nitrogens with zero attached hydrogens (tertiary/aromatic N) is 1. The maximum absolute atomic E-state index is 12.4. The highest BCUT2D eigenvalue weighted by atomic mass is 35.5. The molecular weight excluding hydrogens is 356 g/mol. The number of nitrogens with one attached hydrogen (secondary N) is 1. The highest BCUT2D eigenvalue weighted by molar-refractivity contribution is 7.99. The molecule has 0 aliphatic carbocycles. The van der Waals surface area contributed by atoms with Gasteiger partial charge in [0.1, 0.15) is 0 Å². The number of likely N-dealkylation sites (tertiary alicyclic amines) is 1. The van der Waals surface area contributed by atoms with Gasteiger partial charge in [-0.05, 0) is 55.8 Å². The van der Waals surface area contributed by atoms with Crippen molar-refractivity contribution in [2.75, 3.05) is 25.0 Å². The summed E-state index contributed by atoms with van der Waals surface area (Å²) >= 11 is 7.51. The van der Waals surface area contributed by atoms with Crippen molar-refractivity contribution in [2.45, 2.75) is 28.7 Å². The maximum Gasteiger partial charge on any atom is 0.238 e. The molecule has 132 valence electrons. The SMILES string of the molecule is O=C(CN1CCCC(O)C1)Nc1ccccc1Sc1ccc(Cl)cc1. The fraction of sp³-hybridized carbons (Fsp3) is 0.316. The number of β-amino-alcohol motifs (C(OH)–C–C–N with tert-alkyl or cyclic N) is 1. The zero-order valence-electron chi connectivity index (χ0n) is 13.8. The van der Waals surface area contributed by atoms with Gasteiger partial charge in [-0.1, -0.05) is 35.5 Å². The Labute approximate surface area is 157 Å². The molecule has 1 amide bonds. The highest BCUT2D eigenvalue weighted by Gasteiger charge is 2.20. The molecule has 25 heavy (non-hydrogen) atoms. The van der Waals surface area contributed by atoms with Gasteiger partial charge in [-0.25, -0.2) is 0 Å². The third-order valence-electron chi connectivity index (χ3n) is 4.05. The molecule has 3 rings (SSSR count). The summed E-state index contributed by atoms with van der Waals surface area (Å²) in [7, 11) is 0. The summed E-state index contributed by atoms with van der Waals surface area (Å²) in [6.07, 6.45) is 1.42. The molecule has 0 spiro atoms. The number of para-hydroxylation sites is 1. The van der Waals surface area contributed by atoms with Gasteiger partial charge in [-0.15, -0.1) is 0 Å². The number of benzene rings is 2. The van der Waals surface area contributed by atoms with Gasteiger partial charge in [-0.2, -0.15) is 0 Å². The van der Waals surface area contributed by atoms with Crippen molar-refractivity contribution in [2.24, 2.45) is 0 Å². The first-order chi connectivity index (χ1) is 12.1. The van der Waals surface area contributed by atoms with Crippen molar-refractivity contribution >= 4 is 35.0 Å². The van der Waals surface area contributed by atoms with Gasteiger partial charge in [0.15, 0.2) is 0 Å².